The maximum Gasteiger partial charge on any atom is 0.354 e. The van der Waals surface area contributed by atoms with Crippen molar-refractivity contribution in [3.05, 3.63) is 47.2 Å². The first-order valence-corrected chi connectivity index (χ1v) is 8.13. The molecule has 1 aromatic rings. The van der Waals surface area contributed by atoms with Gasteiger partial charge in [0.1, 0.15) is 5.70 Å². The fourth-order valence-corrected chi connectivity index (χ4v) is 2.41. The summed E-state index contributed by atoms with van der Waals surface area (Å²) in [5, 5.41) is 2.37. The molecular formula is C18H20N2O6. The highest BCUT2D eigenvalue weighted by atomic mass is 16.5. The summed E-state index contributed by atoms with van der Waals surface area (Å²) in [4.78, 5) is 48.3. The van der Waals surface area contributed by atoms with Crippen LogP contribution in [0.4, 0.5) is 0 Å². The Hall–Kier alpha value is -3.00. The molecule has 0 aliphatic carbocycles. The number of hydrogen-bond donors (Lipinski definition) is 1. The van der Waals surface area contributed by atoms with Gasteiger partial charge in [0.05, 0.1) is 37.5 Å². The van der Waals surface area contributed by atoms with Crippen molar-refractivity contribution in [2.45, 2.75) is 13.8 Å². The monoisotopic (exact) mass is 360 g/mol. The highest BCUT2D eigenvalue weighted by Gasteiger charge is 2.34. The van der Waals surface area contributed by atoms with E-state index in [0.717, 1.165) is 4.90 Å². The zero-order chi connectivity index (χ0) is 19.1. The molecule has 0 fully saturated rings. The Morgan fingerprint density at radius 1 is 1.15 bits per heavy atom. The van der Waals surface area contributed by atoms with Crippen LogP contribution in [0.15, 0.2) is 36.0 Å². The maximum absolute atomic E-state index is 12.2. The smallest absolute Gasteiger partial charge is 0.354 e. The molecule has 2 rings (SSSR count). The predicted octanol–water partition coefficient (Wildman–Crippen LogP) is 0.882. The maximum atomic E-state index is 12.2. The zero-order valence-corrected chi connectivity index (χ0v) is 14.6. The molecule has 0 bridgehead atoms. The van der Waals surface area contributed by atoms with E-state index in [2.05, 4.69) is 5.32 Å². The van der Waals surface area contributed by atoms with Crippen molar-refractivity contribution < 1.29 is 28.7 Å². The minimum atomic E-state index is -0.661. The van der Waals surface area contributed by atoms with E-state index in [0.29, 0.717) is 11.1 Å². The molecule has 0 unspecified atom stereocenters. The number of amides is 3. The van der Waals surface area contributed by atoms with E-state index >= 15 is 0 Å². The van der Waals surface area contributed by atoms with Gasteiger partial charge >= 0.3 is 5.97 Å². The number of benzene rings is 1. The lowest BCUT2D eigenvalue weighted by Crippen LogP contribution is -2.33. The average Bonchev–Trinajstić information content (AvgIpc) is 2.85. The summed E-state index contributed by atoms with van der Waals surface area (Å²) in [6.45, 7) is 3.30. The van der Waals surface area contributed by atoms with Crippen molar-refractivity contribution >= 4 is 23.7 Å². The number of imide groups is 1. The van der Waals surface area contributed by atoms with Crippen LogP contribution >= 0.6 is 0 Å². The van der Waals surface area contributed by atoms with Crippen molar-refractivity contribution in [1.29, 1.82) is 0 Å². The van der Waals surface area contributed by atoms with Crippen LogP contribution in [0.2, 0.25) is 0 Å². The Labute approximate surface area is 150 Å². The second-order valence-corrected chi connectivity index (χ2v) is 5.40. The van der Waals surface area contributed by atoms with Crippen LogP contribution in [0.3, 0.4) is 0 Å². The molecule has 0 radical (unpaired) electrons. The van der Waals surface area contributed by atoms with Crippen molar-refractivity contribution in [2.75, 3.05) is 26.4 Å². The summed E-state index contributed by atoms with van der Waals surface area (Å²) in [5.41, 5.74) is 0.750. The van der Waals surface area contributed by atoms with Crippen LogP contribution in [0.5, 0.6) is 0 Å². The van der Waals surface area contributed by atoms with Crippen LogP contribution in [-0.2, 0) is 19.1 Å². The van der Waals surface area contributed by atoms with Crippen LogP contribution in [0.25, 0.3) is 0 Å². The Morgan fingerprint density at radius 2 is 1.77 bits per heavy atom. The molecule has 3 amide bonds. The van der Waals surface area contributed by atoms with E-state index in [-0.39, 0.29) is 43.9 Å². The first-order valence-electron chi connectivity index (χ1n) is 8.13. The SMILES string of the molecule is CCOC(=O)/C(=C/COCCN1C(=O)c2ccccc2C1=O)NC(C)=O. The van der Waals surface area contributed by atoms with Crippen LogP contribution < -0.4 is 5.32 Å². The number of nitrogens with zero attached hydrogens (tertiary/aromatic N) is 1. The van der Waals surface area contributed by atoms with Gasteiger partial charge in [-0.25, -0.2) is 4.79 Å². The summed E-state index contributed by atoms with van der Waals surface area (Å²) < 4.78 is 10.2. The largest absolute Gasteiger partial charge is 0.461 e. The van der Waals surface area contributed by atoms with Crippen molar-refractivity contribution in [1.82, 2.24) is 10.2 Å². The van der Waals surface area contributed by atoms with Gasteiger partial charge in [0, 0.05) is 6.92 Å². The zero-order valence-electron chi connectivity index (χ0n) is 14.6. The van der Waals surface area contributed by atoms with Crippen molar-refractivity contribution in [3.63, 3.8) is 0 Å². The second-order valence-electron chi connectivity index (χ2n) is 5.40. The van der Waals surface area contributed by atoms with E-state index in [1.54, 1.807) is 31.2 Å². The number of ether oxygens (including phenoxy) is 2. The Balaban J connectivity index is 1.86. The predicted molar refractivity (Wildman–Crippen MR) is 91.2 cm³/mol. The summed E-state index contributed by atoms with van der Waals surface area (Å²) in [5.74, 6) is -1.77. The van der Waals surface area contributed by atoms with E-state index in [1.165, 1.54) is 13.0 Å². The minimum Gasteiger partial charge on any atom is -0.461 e. The third-order valence-electron chi connectivity index (χ3n) is 3.55. The van der Waals surface area contributed by atoms with Gasteiger partial charge in [0.15, 0.2) is 0 Å². The second kappa shape index (κ2) is 8.91. The minimum absolute atomic E-state index is 0.0115. The molecule has 8 heteroatoms. The molecule has 1 N–H and O–H groups in total. The molecule has 0 atom stereocenters. The van der Waals surface area contributed by atoms with Gasteiger partial charge in [-0.3, -0.25) is 19.3 Å². The van der Waals surface area contributed by atoms with Gasteiger partial charge in [-0.2, -0.15) is 0 Å². The van der Waals surface area contributed by atoms with Crippen LogP contribution in [-0.4, -0.2) is 55.0 Å². The third kappa shape index (κ3) is 4.54. The highest BCUT2D eigenvalue weighted by molar-refractivity contribution is 6.21. The number of esters is 1. The number of fused-ring (bicyclic) bond motifs is 1. The number of rotatable bonds is 8. The molecule has 8 nitrogen and oxygen atoms in total. The van der Waals surface area contributed by atoms with E-state index < -0.39 is 11.9 Å². The molecular weight excluding hydrogens is 340 g/mol. The third-order valence-corrected chi connectivity index (χ3v) is 3.55. The normalized spacial score (nSPS) is 13.6. The van der Waals surface area contributed by atoms with Gasteiger partial charge < -0.3 is 14.8 Å². The molecule has 1 aromatic carbocycles. The number of carbonyl (C=O) groups excluding carboxylic acids is 4. The summed E-state index contributed by atoms with van der Waals surface area (Å²) >= 11 is 0. The van der Waals surface area contributed by atoms with Gasteiger partial charge in [-0.1, -0.05) is 12.1 Å². The first kappa shape index (κ1) is 19.3. The molecule has 1 aliphatic rings. The van der Waals surface area contributed by atoms with Crippen LogP contribution in [0, 0.1) is 0 Å². The van der Waals surface area contributed by atoms with E-state index in [1.807, 2.05) is 0 Å². The van der Waals surface area contributed by atoms with E-state index in [9.17, 15) is 19.2 Å². The van der Waals surface area contributed by atoms with Gasteiger partial charge in [0.2, 0.25) is 5.91 Å². The summed E-state index contributed by atoms with van der Waals surface area (Å²) in [6.07, 6.45) is 1.38. The van der Waals surface area contributed by atoms with Crippen molar-refractivity contribution in [3.8, 4) is 0 Å². The Kier molecular flexibility index (Phi) is 6.62. The molecule has 26 heavy (non-hydrogen) atoms. The van der Waals surface area contributed by atoms with E-state index in [4.69, 9.17) is 9.47 Å². The van der Waals surface area contributed by atoms with Gasteiger partial charge in [-0.15, -0.1) is 0 Å². The number of hydrogen-bond acceptors (Lipinski definition) is 6. The molecule has 0 spiro atoms. The molecule has 1 aliphatic heterocycles. The van der Waals surface area contributed by atoms with Gasteiger partial charge in [0.25, 0.3) is 11.8 Å². The topological polar surface area (TPSA) is 102 Å². The Bertz CT molecular complexity index is 721. The lowest BCUT2D eigenvalue weighted by atomic mass is 10.1. The van der Waals surface area contributed by atoms with Gasteiger partial charge in [-0.05, 0) is 25.1 Å². The quantitative estimate of drug-likeness (QED) is 0.320. The molecule has 1 heterocycles. The first-order chi connectivity index (χ1) is 12.5. The highest BCUT2D eigenvalue weighted by Crippen LogP contribution is 2.21. The lowest BCUT2D eigenvalue weighted by molar-refractivity contribution is -0.140. The molecule has 138 valence electrons. The van der Waals surface area contributed by atoms with Crippen molar-refractivity contribution in [2.24, 2.45) is 0 Å². The molecule has 0 saturated heterocycles. The fraction of sp³-hybridized carbons (Fsp3) is 0.333. The fourth-order valence-electron chi connectivity index (χ4n) is 2.41. The molecule has 0 aromatic heterocycles. The standard InChI is InChI=1S/C18H20N2O6/c1-3-26-18(24)15(19-12(2)21)8-10-25-11-9-20-16(22)13-6-4-5-7-14(13)17(20)23/h4-8H,3,9-11H2,1-2H3,(H,19,21)/b15-8-. The number of carbonyl (C=O) groups is 4. The Morgan fingerprint density at radius 3 is 2.31 bits per heavy atom. The average molecular weight is 360 g/mol. The summed E-state index contributed by atoms with van der Waals surface area (Å²) in [7, 11) is 0. The van der Waals surface area contributed by atoms with Crippen LogP contribution in [0.1, 0.15) is 34.6 Å². The lowest BCUT2D eigenvalue weighted by Gasteiger charge is -2.13. The number of nitrogens with one attached hydrogen (secondary N) is 1. The summed E-state index contributed by atoms with van der Waals surface area (Å²) in [6, 6.07) is 6.62. The molecule has 0 saturated carbocycles.